The Morgan fingerprint density at radius 2 is 1.08 bits per heavy atom. The number of hydrogen-bond acceptors (Lipinski definition) is 0. The fraction of sp³-hybridized carbons (Fsp3) is 0.500. The molecular weight excluding hydrogens is 271 g/mol. The van der Waals surface area contributed by atoms with Crippen molar-refractivity contribution in [2.24, 2.45) is 0 Å². The quantitative estimate of drug-likeness (QED) is 0.345. The SMILES string of the molecule is Cc1c(C)c(C)[c-](C)c1C.[I-].[Mg+2]. The topological polar surface area (TPSA) is 0 Å². The van der Waals surface area contributed by atoms with E-state index in [2.05, 4.69) is 34.6 Å². The van der Waals surface area contributed by atoms with Crippen LogP contribution >= 0.6 is 0 Å². The van der Waals surface area contributed by atoms with Crippen LogP contribution in [-0.4, -0.2) is 23.1 Å². The summed E-state index contributed by atoms with van der Waals surface area (Å²) in [5.74, 6) is 0. The maximum Gasteiger partial charge on any atom is 2.00 e. The fourth-order valence-corrected chi connectivity index (χ4v) is 1.41. The van der Waals surface area contributed by atoms with Crippen LogP contribution in [0.5, 0.6) is 0 Å². The van der Waals surface area contributed by atoms with Crippen molar-refractivity contribution in [2.75, 3.05) is 0 Å². The number of hydrogen-bond donors (Lipinski definition) is 0. The van der Waals surface area contributed by atoms with E-state index in [9.17, 15) is 0 Å². The molecule has 0 spiro atoms. The Balaban J connectivity index is 0. The van der Waals surface area contributed by atoms with Crippen molar-refractivity contribution in [3.8, 4) is 0 Å². The summed E-state index contributed by atoms with van der Waals surface area (Å²) < 4.78 is 0. The predicted octanol–water partition coefficient (Wildman–Crippen LogP) is -0.429. The van der Waals surface area contributed by atoms with Gasteiger partial charge in [-0.15, -0.1) is 0 Å². The Hall–Kier alpha value is 0.846. The Labute approximate surface area is 109 Å². The van der Waals surface area contributed by atoms with E-state index in [0.717, 1.165) is 0 Å². The van der Waals surface area contributed by atoms with Crippen molar-refractivity contribution in [1.29, 1.82) is 0 Å². The zero-order valence-electron chi connectivity index (χ0n) is 8.59. The van der Waals surface area contributed by atoms with E-state index >= 15 is 0 Å². The van der Waals surface area contributed by atoms with Crippen LogP contribution in [0.4, 0.5) is 0 Å². The van der Waals surface area contributed by atoms with Gasteiger partial charge >= 0.3 is 23.1 Å². The summed E-state index contributed by atoms with van der Waals surface area (Å²) in [5, 5.41) is 0. The molecule has 0 aliphatic heterocycles. The molecule has 0 aliphatic rings. The van der Waals surface area contributed by atoms with E-state index in [1.807, 2.05) is 0 Å². The first-order valence-corrected chi connectivity index (χ1v) is 3.75. The Kier molecular flexibility index (Phi) is 7.09. The third-order valence-corrected chi connectivity index (χ3v) is 2.81. The fourth-order valence-electron chi connectivity index (χ4n) is 1.41. The van der Waals surface area contributed by atoms with E-state index in [1.54, 1.807) is 0 Å². The zero-order valence-corrected chi connectivity index (χ0v) is 12.2. The molecule has 12 heavy (non-hydrogen) atoms. The predicted molar refractivity (Wildman–Crippen MR) is 51.5 cm³/mol. The van der Waals surface area contributed by atoms with Gasteiger partial charge in [0.05, 0.1) is 0 Å². The summed E-state index contributed by atoms with van der Waals surface area (Å²) in [6.07, 6.45) is 0. The minimum atomic E-state index is 0. The average Bonchev–Trinajstić information content (AvgIpc) is 2.07. The van der Waals surface area contributed by atoms with E-state index in [1.165, 1.54) is 27.8 Å². The van der Waals surface area contributed by atoms with Crippen molar-refractivity contribution in [3.05, 3.63) is 27.8 Å². The first-order valence-electron chi connectivity index (χ1n) is 3.75. The molecule has 0 atom stereocenters. The molecule has 0 radical (unpaired) electrons. The minimum absolute atomic E-state index is 0. The monoisotopic (exact) mass is 286 g/mol. The van der Waals surface area contributed by atoms with Gasteiger partial charge in [0.1, 0.15) is 0 Å². The summed E-state index contributed by atoms with van der Waals surface area (Å²) >= 11 is 0. The van der Waals surface area contributed by atoms with Gasteiger partial charge in [-0.2, -0.15) is 27.8 Å². The van der Waals surface area contributed by atoms with Crippen molar-refractivity contribution in [2.45, 2.75) is 34.6 Å². The molecule has 0 aliphatic carbocycles. The largest absolute Gasteiger partial charge is 2.00 e. The van der Waals surface area contributed by atoms with E-state index in [0.29, 0.717) is 0 Å². The van der Waals surface area contributed by atoms with Crippen LogP contribution in [-0.2, 0) is 0 Å². The summed E-state index contributed by atoms with van der Waals surface area (Å²) in [7, 11) is 0. The summed E-state index contributed by atoms with van der Waals surface area (Å²) in [6, 6.07) is 0. The molecule has 0 aromatic heterocycles. The third kappa shape index (κ3) is 2.42. The van der Waals surface area contributed by atoms with E-state index in [-0.39, 0.29) is 47.0 Å². The zero-order chi connectivity index (χ0) is 7.89. The van der Waals surface area contributed by atoms with Gasteiger partial charge in [-0.1, -0.05) is 34.6 Å². The van der Waals surface area contributed by atoms with Crippen molar-refractivity contribution < 1.29 is 24.0 Å². The van der Waals surface area contributed by atoms with Gasteiger partial charge in [0.15, 0.2) is 0 Å². The second-order valence-electron chi connectivity index (χ2n) is 3.12. The van der Waals surface area contributed by atoms with E-state index < -0.39 is 0 Å². The van der Waals surface area contributed by atoms with Gasteiger partial charge in [0, 0.05) is 0 Å². The van der Waals surface area contributed by atoms with Crippen LogP contribution in [0.25, 0.3) is 0 Å². The summed E-state index contributed by atoms with van der Waals surface area (Å²) in [5.41, 5.74) is 7.34. The molecule has 0 saturated heterocycles. The maximum atomic E-state index is 2.20. The Morgan fingerprint density at radius 3 is 1.17 bits per heavy atom. The molecule has 0 nitrogen and oxygen atoms in total. The molecule has 1 aromatic carbocycles. The summed E-state index contributed by atoms with van der Waals surface area (Å²) in [6.45, 7) is 11.0. The smallest absolute Gasteiger partial charge is 1.00 e. The normalized spacial score (nSPS) is 8.75. The molecule has 0 bridgehead atoms. The van der Waals surface area contributed by atoms with Crippen molar-refractivity contribution >= 4 is 23.1 Å². The molecular formula is C10H15IMg. The molecule has 0 N–H and O–H groups in total. The molecule has 0 fully saturated rings. The van der Waals surface area contributed by atoms with Crippen LogP contribution in [0.15, 0.2) is 0 Å². The minimum Gasteiger partial charge on any atom is -1.00 e. The maximum absolute atomic E-state index is 2.20. The molecule has 1 rings (SSSR count). The van der Waals surface area contributed by atoms with Crippen LogP contribution in [0.1, 0.15) is 27.8 Å². The number of halogens is 1. The third-order valence-electron chi connectivity index (χ3n) is 2.81. The molecule has 1 aromatic rings. The molecule has 0 heterocycles. The van der Waals surface area contributed by atoms with Gasteiger partial charge in [0.2, 0.25) is 0 Å². The molecule has 0 amide bonds. The summed E-state index contributed by atoms with van der Waals surface area (Å²) in [4.78, 5) is 0. The van der Waals surface area contributed by atoms with Crippen molar-refractivity contribution in [3.63, 3.8) is 0 Å². The molecule has 64 valence electrons. The van der Waals surface area contributed by atoms with Crippen LogP contribution in [0, 0.1) is 34.6 Å². The number of rotatable bonds is 0. The first-order chi connectivity index (χ1) is 4.55. The van der Waals surface area contributed by atoms with Crippen LogP contribution in [0.3, 0.4) is 0 Å². The Morgan fingerprint density at radius 1 is 0.833 bits per heavy atom. The molecule has 0 saturated carbocycles. The molecule has 0 unspecified atom stereocenters. The van der Waals surface area contributed by atoms with Gasteiger partial charge in [-0.05, 0) is 0 Å². The van der Waals surface area contributed by atoms with Gasteiger partial charge < -0.3 is 24.0 Å². The van der Waals surface area contributed by atoms with Crippen LogP contribution in [0.2, 0.25) is 0 Å². The van der Waals surface area contributed by atoms with Crippen LogP contribution < -0.4 is 24.0 Å². The van der Waals surface area contributed by atoms with Gasteiger partial charge in [0.25, 0.3) is 0 Å². The second kappa shape index (κ2) is 5.55. The van der Waals surface area contributed by atoms with Gasteiger partial charge in [-0.3, -0.25) is 0 Å². The standard InChI is InChI=1S/C10H15.HI.Mg/c1-6-7(2)9(4)10(5)8(6)3;;/h1-5H3;1H;/q-1;;+2/p-1. The average molecular weight is 286 g/mol. The van der Waals surface area contributed by atoms with E-state index in [4.69, 9.17) is 0 Å². The first kappa shape index (κ1) is 15.3. The van der Waals surface area contributed by atoms with Crippen molar-refractivity contribution in [1.82, 2.24) is 0 Å². The Bertz CT molecular complexity index is 181. The molecule has 2 heteroatoms. The van der Waals surface area contributed by atoms with Gasteiger partial charge in [-0.25, -0.2) is 0 Å². The second-order valence-corrected chi connectivity index (χ2v) is 3.12.